The standard InChI is InChI=1S/C15H27N3O2/c1-10(2)9-13(16)15(20)18-7-5-12(6-8-18)17-14(19)11-3-4-11/h10-13H,3-9,16H2,1-2H3,(H,17,19). The lowest BCUT2D eigenvalue weighted by atomic mass is 10.0. The fourth-order valence-electron chi connectivity index (χ4n) is 2.75. The maximum Gasteiger partial charge on any atom is 0.239 e. The lowest BCUT2D eigenvalue weighted by Gasteiger charge is -2.34. The van der Waals surface area contributed by atoms with Gasteiger partial charge in [0.1, 0.15) is 0 Å². The number of nitrogens with two attached hydrogens (primary N) is 1. The van der Waals surface area contributed by atoms with Gasteiger partial charge in [0, 0.05) is 25.0 Å². The average molecular weight is 281 g/mol. The minimum absolute atomic E-state index is 0.0608. The maximum atomic E-state index is 12.2. The number of carbonyl (C=O) groups is 2. The molecule has 114 valence electrons. The second-order valence-electron chi connectivity index (χ2n) is 6.62. The molecule has 3 N–H and O–H groups in total. The molecular formula is C15H27N3O2. The summed E-state index contributed by atoms with van der Waals surface area (Å²) in [5.41, 5.74) is 5.95. The number of carbonyl (C=O) groups excluding carboxylic acids is 2. The van der Waals surface area contributed by atoms with Crippen molar-refractivity contribution >= 4 is 11.8 Å². The summed E-state index contributed by atoms with van der Waals surface area (Å²) in [5.74, 6) is 0.954. The van der Waals surface area contributed by atoms with Crippen molar-refractivity contribution in [1.29, 1.82) is 0 Å². The van der Waals surface area contributed by atoms with Crippen LogP contribution in [0.2, 0.25) is 0 Å². The van der Waals surface area contributed by atoms with Gasteiger partial charge >= 0.3 is 0 Å². The van der Waals surface area contributed by atoms with E-state index in [9.17, 15) is 9.59 Å². The summed E-state index contributed by atoms with van der Waals surface area (Å²) in [6, 6.07) is -0.152. The van der Waals surface area contributed by atoms with Crippen LogP contribution in [0.15, 0.2) is 0 Å². The minimum Gasteiger partial charge on any atom is -0.353 e. The summed E-state index contributed by atoms with van der Waals surface area (Å²) < 4.78 is 0. The van der Waals surface area contributed by atoms with Crippen LogP contribution in [0.25, 0.3) is 0 Å². The lowest BCUT2D eigenvalue weighted by Crippen LogP contribution is -2.51. The Morgan fingerprint density at radius 2 is 1.80 bits per heavy atom. The number of nitrogens with one attached hydrogen (secondary N) is 1. The van der Waals surface area contributed by atoms with Crippen LogP contribution in [-0.2, 0) is 9.59 Å². The van der Waals surface area contributed by atoms with Gasteiger partial charge in [0.05, 0.1) is 6.04 Å². The summed E-state index contributed by atoms with van der Waals surface area (Å²) in [6.45, 7) is 5.57. The highest BCUT2D eigenvalue weighted by Gasteiger charge is 2.32. The molecule has 1 saturated heterocycles. The van der Waals surface area contributed by atoms with Gasteiger partial charge in [-0.15, -0.1) is 0 Å². The van der Waals surface area contributed by atoms with Gasteiger partial charge < -0.3 is 16.0 Å². The number of hydrogen-bond donors (Lipinski definition) is 2. The molecule has 0 aromatic heterocycles. The summed E-state index contributed by atoms with van der Waals surface area (Å²) >= 11 is 0. The zero-order valence-corrected chi connectivity index (χ0v) is 12.6. The first-order valence-corrected chi connectivity index (χ1v) is 7.82. The Kier molecular flexibility index (Phi) is 5.02. The number of likely N-dealkylation sites (tertiary alicyclic amines) is 1. The molecule has 1 saturated carbocycles. The number of nitrogens with zero attached hydrogens (tertiary/aromatic N) is 1. The summed E-state index contributed by atoms with van der Waals surface area (Å²) in [4.78, 5) is 25.8. The van der Waals surface area contributed by atoms with Crippen molar-refractivity contribution in [3.05, 3.63) is 0 Å². The van der Waals surface area contributed by atoms with Gasteiger partial charge in [0.25, 0.3) is 0 Å². The predicted molar refractivity (Wildman–Crippen MR) is 77.9 cm³/mol. The van der Waals surface area contributed by atoms with Crippen LogP contribution in [0.1, 0.15) is 46.0 Å². The molecule has 0 spiro atoms. The Labute approximate surface area is 121 Å². The van der Waals surface area contributed by atoms with E-state index in [0.29, 0.717) is 19.0 Å². The first kappa shape index (κ1) is 15.3. The van der Waals surface area contributed by atoms with E-state index >= 15 is 0 Å². The molecule has 1 heterocycles. The van der Waals surface area contributed by atoms with E-state index in [1.807, 2.05) is 4.90 Å². The average Bonchev–Trinajstić information content (AvgIpc) is 3.22. The van der Waals surface area contributed by atoms with Crippen LogP contribution in [-0.4, -0.2) is 41.9 Å². The normalized spacial score (nSPS) is 21.9. The zero-order chi connectivity index (χ0) is 14.7. The summed E-state index contributed by atoms with van der Waals surface area (Å²) in [6.07, 6.45) is 4.49. The topological polar surface area (TPSA) is 75.4 Å². The monoisotopic (exact) mass is 281 g/mol. The lowest BCUT2D eigenvalue weighted by molar-refractivity contribution is -0.134. The van der Waals surface area contributed by atoms with Gasteiger partial charge in [-0.1, -0.05) is 13.8 Å². The molecule has 20 heavy (non-hydrogen) atoms. The van der Waals surface area contributed by atoms with Crippen LogP contribution >= 0.6 is 0 Å². The van der Waals surface area contributed by atoms with E-state index < -0.39 is 0 Å². The highest BCUT2D eigenvalue weighted by molar-refractivity contribution is 5.82. The SMILES string of the molecule is CC(C)CC(N)C(=O)N1CCC(NC(=O)C2CC2)CC1. The summed E-state index contributed by atoms with van der Waals surface area (Å²) in [5, 5.41) is 3.09. The fraction of sp³-hybridized carbons (Fsp3) is 0.867. The van der Waals surface area contributed by atoms with Crippen LogP contribution in [0.4, 0.5) is 0 Å². The Morgan fingerprint density at radius 3 is 2.30 bits per heavy atom. The van der Waals surface area contributed by atoms with E-state index in [1.165, 1.54) is 0 Å². The molecular weight excluding hydrogens is 254 g/mol. The molecule has 1 aliphatic heterocycles. The van der Waals surface area contributed by atoms with Gasteiger partial charge in [-0.25, -0.2) is 0 Å². The van der Waals surface area contributed by atoms with E-state index in [0.717, 1.165) is 32.1 Å². The van der Waals surface area contributed by atoms with Gasteiger partial charge in [-0.3, -0.25) is 9.59 Å². The molecule has 2 rings (SSSR count). The molecule has 2 fully saturated rings. The van der Waals surface area contributed by atoms with Crippen LogP contribution in [0, 0.1) is 11.8 Å². The first-order chi connectivity index (χ1) is 9.47. The third kappa shape index (κ3) is 4.20. The van der Waals surface area contributed by atoms with E-state index in [2.05, 4.69) is 19.2 Å². The van der Waals surface area contributed by atoms with Crippen molar-refractivity contribution in [2.24, 2.45) is 17.6 Å². The third-order valence-electron chi connectivity index (χ3n) is 4.14. The van der Waals surface area contributed by atoms with Crippen molar-refractivity contribution in [3.63, 3.8) is 0 Å². The van der Waals surface area contributed by atoms with Gasteiger partial charge in [-0.05, 0) is 38.0 Å². The van der Waals surface area contributed by atoms with Gasteiger partial charge in [0.15, 0.2) is 0 Å². The minimum atomic E-state index is -0.382. The maximum absolute atomic E-state index is 12.2. The van der Waals surface area contributed by atoms with Crippen molar-refractivity contribution < 1.29 is 9.59 Å². The molecule has 0 bridgehead atoms. The molecule has 1 aliphatic carbocycles. The third-order valence-corrected chi connectivity index (χ3v) is 4.14. The molecule has 1 atom stereocenters. The Balaban J connectivity index is 1.72. The zero-order valence-electron chi connectivity index (χ0n) is 12.6. The Hall–Kier alpha value is -1.10. The number of hydrogen-bond acceptors (Lipinski definition) is 3. The molecule has 0 radical (unpaired) electrons. The predicted octanol–water partition coefficient (Wildman–Crippen LogP) is 0.877. The molecule has 5 heteroatoms. The fourth-order valence-corrected chi connectivity index (χ4v) is 2.75. The largest absolute Gasteiger partial charge is 0.353 e. The molecule has 0 aromatic rings. The number of amides is 2. The Morgan fingerprint density at radius 1 is 1.20 bits per heavy atom. The van der Waals surface area contributed by atoms with E-state index in [-0.39, 0.29) is 29.8 Å². The van der Waals surface area contributed by atoms with Crippen LogP contribution in [0.3, 0.4) is 0 Å². The number of piperidine rings is 1. The van der Waals surface area contributed by atoms with Crippen LogP contribution in [0.5, 0.6) is 0 Å². The molecule has 2 amide bonds. The molecule has 0 aromatic carbocycles. The van der Waals surface area contributed by atoms with E-state index in [1.54, 1.807) is 0 Å². The van der Waals surface area contributed by atoms with E-state index in [4.69, 9.17) is 5.73 Å². The van der Waals surface area contributed by atoms with Crippen molar-refractivity contribution in [2.45, 2.75) is 58.0 Å². The quantitative estimate of drug-likeness (QED) is 0.785. The van der Waals surface area contributed by atoms with Crippen LogP contribution < -0.4 is 11.1 Å². The molecule has 5 nitrogen and oxygen atoms in total. The second-order valence-corrected chi connectivity index (χ2v) is 6.62. The van der Waals surface area contributed by atoms with Crippen molar-refractivity contribution in [1.82, 2.24) is 10.2 Å². The van der Waals surface area contributed by atoms with Gasteiger partial charge in [0.2, 0.25) is 11.8 Å². The van der Waals surface area contributed by atoms with Crippen molar-refractivity contribution in [2.75, 3.05) is 13.1 Å². The highest BCUT2D eigenvalue weighted by atomic mass is 16.2. The smallest absolute Gasteiger partial charge is 0.239 e. The molecule has 2 aliphatic rings. The first-order valence-electron chi connectivity index (χ1n) is 7.82. The second kappa shape index (κ2) is 6.57. The number of rotatable bonds is 5. The summed E-state index contributed by atoms with van der Waals surface area (Å²) in [7, 11) is 0. The molecule has 1 unspecified atom stereocenters. The van der Waals surface area contributed by atoms with Crippen molar-refractivity contribution in [3.8, 4) is 0 Å². The Bertz CT molecular complexity index is 358. The highest BCUT2D eigenvalue weighted by Crippen LogP contribution is 2.29. The van der Waals surface area contributed by atoms with Gasteiger partial charge in [-0.2, -0.15) is 0 Å².